The number of nitrogens with zero attached hydrogens (tertiary/aromatic N) is 6. The Morgan fingerprint density at radius 1 is 1.10 bits per heavy atom. The van der Waals surface area contributed by atoms with Crippen LogP contribution in [-0.2, 0) is 25.0 Å². The second-order valence-electron chi connectivity index (χ2n) is 7.91. The summed E-state index contributed by atoms with van der Waals surface area (Å²) in [4.78, 5) is 36.5. The summed E-state index contributed by atoms with van der Waals surface area (Å²) in [5.41, 5.74) is 0.585. The Morgan fingerprint density at radius 2 is 1.97 bits per heavy atom. The standard InChI is InChI=1S/C20H22N6O2S/c1-14-22-16(12-29-14)11-26-18(28)17(27)25-9-6-20(19(25)23-26)5-8-24(13-20)10-15-4-2-3-7-21-15/h2-4,7,12H,5-6,8-11,13H2,1H3. The minimum atomic E-state index is -0.570. The maximum atomic E-state index is 12.7. The molecule has 3 aromatic rings. The average Bonchev–Trinajstić information content (AvgIpc) is 3.41. The van der Waals surface area contributed by atoms with Crippen LogP contribution in [-0.4, -0.2) is 42.3 Å². The van der Waals surface area contributed by atoms with Gasteiger partial charge in [-0.05, 0) is 38.4 Å². The molecule has 0 aromatic carbocycles. The van der Waals surface area contributed by atoms with Gasteiger partial charge in [0.05, 0.1) is 22.9 Å². The third-order valence-corrected chi connectivity index (χ3v) is 6.77. The van der Waals surface area contributed by atoms with Crippen molar-refractivity contribution in [3.05, 3.63) is 72.7 Å². The Balaban J connectivity index is 1.46. The summed E-state index contributed by atoms with van der Waals surface area (Å²) in [6.45, 7) is 5.25. The maximum Gasteiger partial charge on any atom is 0.332 e. The second kappa shape index (κ2) is 7.00. The molecule has 0 radical (unpaired) electrons. The van der Waals surface area contributed by atoms with Gasteiger partial charge in [0.15, 0.2) is 0 Å². The second-order valence-corrected chi connectivity index (χ2v) is 8.98. The molecule has 0 aliphatic carbocycles. The van der Waals surface area contributed by atoms with E-state index in [4.69, 9.17) is 0 Å². The molecule has 3 aromatic heterocycles. The molecule has 2 aliphatic heterocycles. The summed E-state index contributed by atoms with van der Waals surface area (Å²) in [7, 11) is 0. The van der Waals surface area contributed by atoms with Crippen LogP contribution in [0, 0.1) is 6.92 Å². The fourth-order valence-electron chi connectivity index (χ4n) is 4.52. The Labute approximate surface area is 171 Å². The average molecular weight is 411 g/mol. The Bertz CT molecular complexity index is 1170. The van der Waals surface area contributed by atoms with E-state index in [1.807, 2.05) is 36.7 Å². The summed E-state index contributed by atoms with van der Waals surface area (Å²) in [5, 5.41) is 7.53. The highest BCUT2D eigenvalue weighted by Gasteiger charge is 2.47. The number of hydrogen-bond acceptors (Lipinski definition) is 7. The van der Waals surface area contributed by atoms with Gasteiger partial charge in [0.2, 0.25) is 0 Å². The number of fused-ring (bicyclic) bond motifs is 2. The monoisotopic (exact) mass is 410 g/mol. The van der Waals surface area contributed by atoms with Crippen molar-refractivity contribution in [2.45, 2.75) is 44.8 Å². The van der Waals surface area contributed by atoms with Gasteiger partial charge in [-0.2, -0.15) is 5.10 Å². The molecular formula is C20H22N6O2S. The molecule has 5 heterocycles. The number of hydrogen-bond donors (Lipinski definition) is 0. The summed E-state index contributed by atoms with van der Waals surface area (Å²) < 4.78 is 2.90. The first-order valence-corrected chi connectivity index (χ1v) is 10.7. The Hall–Kier alpha value is -2.65. The van der Waals surface area contributed by atoms with E-state index in [1.54, 1.807) is 4.57 Å². The molecule has 2 aliphatic rings. The van der Waals surface area contributed by atoms with E-state index in [1.165, 1.54) is 16.0 Å². The lowest BCUT2D eigenvalue weighted by atomic mass is 9.85. The van der Waals surface area contributed by atoms with Gasteiger partial charge in [-0.15, -0.1) is 11.3 Å². The van der Waals surface area contributed by atoms with Gasteiger partial charge in [-0.25, -0.2) is 9.67 Å². The lowest BCUT2D eigenvalue weighted by molar-refractivity contribution is 0.294. The molecule has 1 atom stereocenters. The molecule has 0 amide bonds. The van der Waals surface area contributed by atoms with Crippen LogP contribution >= 0.6 is 11.3 Å². The number of thiazole rings is 1. The van der Waals surface area contributed by atoms with Crippen LogP contribution in [0.1, 0.15) is 35.1 Å². The summed E-state index contributed by atoms with van der Waals surface area (Å²) in [6.07, 6.45) is 3.58. The summed E-state index contributed by atoms with van der Waals surface area (Å²) >= 11 is 1.53. The van der Waals surface area contributed by atoms with Crippen molar-refractivity contribution >= 4 is 11.3 Å². The van der Waals surface area contributed by atoms with Crippen LogP contribution in [0.25, 0.3) is 0 Å². The fraction of sp³-hybridized carbons (Fsp3) is 0.450. The predicted octanol–water partition coefficient (Wildman–Crippen LogP) is 1.16. The summed E-state index contributed by atoms with van der Waals surface area (Å²) in [6, 6.07) is 5.95. The minimum absolute atomic E-state index is 0.179. The normalized spacial score (nSPS) is 21.1. The molecular weight excluding hydrogens is 388 g/mol. The molecule has 150 valence electrons. The zero-order valence-corrected chi connectivity index (χ0v) is 17.1. The van der Waals surface area contributed by atoms with Crippen molar-refractivity contribution in [1.29, 1.82) is 0 Å². The third-order valence-electron chi connectivity index (χ3n) is 5.94. The largest absolute Gasteiger partial charge is 0.332 e. The lowest BCUT2D eigenvalue weighted by Gasteiger charge is -2.23. The third kappa shape index (κ3) is 3.24. The quantitative estimate of drug-likeness (QED) is 0.600. The van der Waals surface area contributed by atoms with E-state index in [0.717, 1.165) is 54.7 Å². The number of pyridine rings is 1. The minimum Gasteiger partial charge on any atom is -0.296 e. The van der Waals surface area contributed by atoms with Crippen LogP contribution in [0.3, 0.4) is 0 Å². The molecule has 5 rings (SSSR count). The number of aromatic nitrogens is 5. The molecule has 29 heavy (non-hydrogen) atoms. The fourth-order valence-corrected chi connectivity index (χ4v) is 5.12. The predicted molar refractivity (Wildman–Crippen MR) is 109 cm³/mol. The number of likely N-dealkylation sites (tertiary alicyclic amines) is 1. The van der Waals surface area contributed by atoms with E-state index in [2.05, 4.69) is 20.0 Å². The van der Waals surface area contributed by atoms with Crippen molar-refractivity contribution in [2.24, 2.45) is 0 Å². The Morgan fingerprint density at radius 3 is 2.72 bits per heavy atom. The molecule has 8 nitrogen and oxygen atoms in total. The molecule has 9 heteroatoms. The van der Waals surface area contributed by atoms with Crippen LogP contribution in [0.15, 0.2) is 39.4 Å². The van der Waals surface area contributed by atoms with Crippen molar-refractivity contribution in [1.82, 2.24) is 29.2 Å². The number of aryl methyl sites for hydroxylation is 1. The van der Waals surface area contributed by atoms with Crippen molar-refractivity contribution < 1.29 is 0 Å². The first-order valence-electron chi connectivity index (χ1n) is 9.80. The van der Waals surface area contributed by atoms with Gasteiger partial charge < -0.3 is 0 Å². The topological polar surface area (TPSA) is 85.9 Å². The first kappa shape index (κ1) is 18.4. The number of rotatable bonds is 4. The van der Waals surface area contributed by atoms with Crippen molar-refractivity contribution in [3.8, 4) is 0 Å². The van der Waals surface area contributed by atoms with Gasteiger partial charge in [0.1, 0.15) is 5.82 Å². The first-order chi connectivity index (χ1) is 14.0. The molecule has 1 saturated heterocycles. The van der Waals surface area contributed by atoms with Gasteiger partial charge >= 0.3 is 11.1 Å². The molecule has 1 spiro atoms. The van der Waals surface area contributed by atoms with E-state index in [0.29, 0.717) is 6.54 Å². The zero-order chi connectivity index (χ0) is 20.0. The molecule has 0 saturated carbocycles. The molecule has 0 bridgehead atoms. The van der Waals surface area contributed by atoms with Crippen molar-refractivity contribution in [2.75, 3.05) is 13.1 Å². The SMILES string of the molecule is Cc1nc(Cn2nc3n(c(=O)c2=O)CCC32CCN(Cc3ccccn3)C2)cs1. The highest BCUT2D eigenvalue weighted by atomic mass is 32.1. The smallest absolute Gasteiger partial charge is 0.296 e. The highest BCUT2D eigenvalue weighted by Crippen LogP contribution is 2.40. The maximum absolute atomic E-state index is 12.7. The van der Waals surface area contributed by atoms with E-state index in [9.17, 15) is 9.59 Å². The van der Waals surface area contributed by atoms with Gasteiger partial charge in [0.25, 0.3) is 0 Å². The van der Waals surface area contributed by atoms with Crippen LogP contribution in [0.2, 0.25) is 0 Å². The van der Waals surface area contributed by atoms with Crippen molar-refractivity contribution in [3.63, 3.8) is 0 Å². The zero-order valence-electron chi connectivity index (χ0n) is 16.2. The van der Waals surface area contributed by atoms with E-state index in [-0.39, 0.29) is 12.0 Å². The summed E-state index contributed by atoms with van der Waals surface area (Å²) in [5.74, 6) is 0.748. The molecule has 1 fully saturated rings. The van der Waals surface area contributed by atoms with E-state index < -0.39 is 11.1 Å². The van der Waals surface area contributed by atoms with Crippen LogP contribution in [0.5, 0.6) is 0 Å². The molecule has 0 N–H and O–H groups in total. The van der Waals surface area contributed by atoms with Gasteiger partial charge in [-0.3, -0.25) is 24.0 Å². The Kier molecular flexibility index (Phi) is 4.44. The lowest BCUT2D eigenvalue weighted by Crippen LogP contribution is -2.45. The van der Waals surface area contributed by atoms with E-state index >= 15 is 0 Å². The molecule has 1 unspecified atom stereocenters. The van der Waals surface area contributed by atoms with Gasteiger partial charge in [-0.1, -0.05) is 6.07 Å². The highest BCUT2D eigenvalue weighted by molar-refractivity contribution is 7.09. The van der Waals surface area contributed by atoms with Gasteiger partial charge in [0, 0.05) is 36.6 Å². The van der Waals surface area contributed by atoms with Crippen LogP contribution in [0.4, 0.5) is 0 Å². The van der Waals surface area contributed by atoms with Crippen LogP contribution < -0.4 is 11.1 Å².